The van der Waals surface area contributed by atoms with Gasteiger partial charge < -0.3 is 9.69 Å². The van der Waals surface area contributed by atoms with Crippen molar-refractivity contribution < 1.29 is 0 Å². The molecule has 0 aromatic carbocycles. The van der Waals surface area contributed by atoms with E-state index in [0.717, 1.165) is 9.75 Å². The molecule has 0 N–H and O–H groups in total. The third-order valence-corrected chi connectivity index (χ3v) is 13.8. The fourth-order valence-electron chi connectivity index (χ4n) is 6.03. The molecule has 5 heterocycles. The van der Waals surface area contributed by atoms with Crippen LogP contribution in [-0.4, -0.2) is 11.7 Å². The van der Waals surface area contributed by atoms with Crippen LogP contribution < -0.4 is 0 Å². The molecular formula is C32H18N6S5. The largest absolute Gasteiger partial charge is 0.351 e. The van der Waals surface area contributed by atoms with E-state index in [4.69, 9.17) is 23.7 Å². The first-order valence-electron chi connectivity index (χ1n) is 13.0. The molecule has 0 atom stereocenters. The molecule has 5 aromatic heterocycles. The van der Waals surface area contributed by atoms with Crippen LogP contribution in [-0.2, 0) is 10.8 Å². The highest BCUT2D eigenvalue weighted by molar-refractivity contribution is 7.34. The summed E-state index contributed by atoms with van der Waals surface area (Å²) in [6.45, 7) is 23.5. The summed E-state index contributed by atoms with van der Waals surface area (Å²) >= 11 is 8.58. The number of thiophene rings is 5. The lowest BCUT2D eigenvalue weighted by atomic mass is 9.73. The Balaban J connectivity index is 1.27. The highest BCUT2D eigenvalue weighted by Crippen LogP contribution is 2.65. The molecular weight excluding hydrogens is 629 g/mol. The van der Waals surface area contributed by atoms with Gasteiger partial charge in [-0.25, -0.2) is 10.5 Å². The zero-order valence-electron chi connectivity index (χ0n) is 23.2. The van der Waals surface area contributed by atoms with Crippen molar-refractivity contribution in [3.63, 3.8) is 0 Å². The van der Waals surface area contributed by atoms with E-state index in [0.29, 0.717) is 10.0 Å². The second kappa shape index (κ2) is 9.66. The van der Waals surface area contributed by atoms with Crippen molar-refractivity contribution in [2.45, 2.75) is 38.5 Å². The summed E-state index contributed by atoms with van der Waals surface area (Å²) in [5.74, 6) is -0.303. The van der Waals surface area contributed by atoms with E-state index in [1.54, 1.807) is 0 Å². The molecule has 206 valence electrons. The van der Waals surface area contributed by atoms with Crippen LogP contribution in [0, 0.1) is 35.8 Å². The van der Waals surface area contributed by atoms with Crippen LogP contribution >= 0.6 is 56.7 Å². The molecule has 6 nitrogen and oxygen atoms in total. The molecule has 0 unspecified atom stereocenters. The molecule has 5 aromatic rings. The van der Waals surface area contributed by atoms with Crippen molar-refractivity contribution in [3.8, 4) is 31.6 Å². The van der Waals surface area contributed by atoms with Gasteiger partial charge in [0.15, 0.2) is 0 Å². The summed E-state index contributed by atoms with van der Waals surface area (Å²) in [4.78, 5) is 22.2. The Morgan fingerprint density at radius 2 is 1.33 bits per heavy atom. The van der Waals surface area contributed by atoms with Crippen molar-refractivity contribution >= 4 is 99.4 Å². The zero-order valence-corrected chi connectivity index (χ0v) is 27.3. The molecule has 0 saturated heterocycles. The maximum absolute atomic E-state index is 9.13. The first kappa shape index (κ1) is 27.6. The molecule has 0 radical (unpaired) electrons. The molecule has 0 bridgehead atoms. The first-order chi connectivity index (χ1) is 20.6. The average molecular weight is 647 g/mol. The minimum Gasteiger partial charge on any atom is -0.351 e. The fourth-order valence-corrected chi connectivity index (χ4v) is 12.7. The Labute approximate surface area is 268 Å². The van der Waals surface area contributed by atoms with E-state index >= 15 is 0 Å². The van der Waals surface area contributed by atoms with Crippen LogP contribution in [0.1, 0.15) is 54.1 Å². The van der Waals surface area contributed by atoms with Gasteiger partial charge in [-0.2, -0.15) is 0 Å². The van der Waals surface area contributed by atoms with E-state index in [-0.39, 0.29) is 22.5 Å². The van der Waals surface area contributed by atoms with Gasteiger partial charge in [0.2, 0.25) is 10.0 Å². The van der Waals surface area contributed by atoms with Crippen LogP contribution in [0.25, 0.3) is 50.2 Å². The third-order valence-electron chi connectivity index (χ3n) is 7.87. The SMILES string of the molecule is [C-]#[N+]C(C#N)=Nc1ccc(C2=Cc3sc4c(c3C2(C)C)C(C)(C)c2c-4sc3cc(-c4ccc(N=C(C#N)[N+]#[C-])s4)sc23)s1. The van der Waals surface area contributed by atoms with Gasteiger partial charge in [-0.05, 0) is 58.7 Å². The molecule has 7 rings (SSSR count). The molecule has 0 amide bonds. The minimum absolute atomic E-state index is 0.151. The molecule has 0 saturated carbocycles. The van der Waals surface area contributed by atoms with Gasteiger partial charge in [-0.3, -0.25) is 0 Å². The van der Waals surface area contributed by atoms with E-state index < -0.39 is 0 Å². The Hall–Kier alpha value is -4.20. The number of fused-ring (bicyclic) bond motifs is 7. The summed E-state index contributed by atoms with van der Waals surface area (Å²) in [6.07, 6.45) is 2.32. The van der Waals surface area contributed by atoms with Gasteiger partial charge >= 0.3 is 11.7 Å². The lowest BCUT2D eigenvalue weighted by Gasteiger charge is -2.29. The number of nitriles is 2. The second-order valence-corrected chi connectivity index (χ2v) is 16.3. The van der Waals surface area contributed by atoms with Gasteiger partial charge in [0.25, 0.3) is 0 Å². The second-order valence-electron chi connectivity index (χ2n) is 11.1. The fraction of sp³-hybridized carbons (Fsp3) is 0.188. The molecule has 0 spiro atoms. The molecule has 2 aliphatic carbocycles. The number of amidine groups is 2. The Kier molecular flexibility index (Phi) is 6.20. The highest BCUT2D eigenvalue weighted by atomic mass is 32.1. The van der Waals surface area contributed by atoms with Crippen molar-refractivity contribution in [2.75, 3.05) is 0 Å². The van der Waals surface area contributed by atoms with Crippen molar-refractivity contribution in [1.82, 2.24) is 0 Å². The van der Waals surface area contributed by atoms with E-state index in [2.05, 4.69) is 65.6 Å². The molecule has 0 fully saturated rings. The van der Waals surface area contributed by atoms with Crippen molar-refractivity contribution in [1.29, 1.82) is 10.5 Å². The van der Waals surface area contributed by atoms with E-state index in [1.165, 1.54) is 73.8 Å². The van der Waals surface area contributed by atoms with Crippen molar-refractivity contribution in [2.24, 2.45) is 9.98 Å². The van der Waals surface area contributed by atoms with Gasteiger partial charge in [0, 0.05) is 39.9 Å². The maximum atomic E-state index is 9.13. The third kappa shape index (κ3) is 4.02. The topological polar surface area (TPSA) is 81.0 Å². The molecule has 2 aliphatic rings. The van der Waals surface area contributed by atoms with Gasteiger partial charge in [0.05, 0.1) is 9.58 Å². The Morgan fingerprint density at radius 1 is 0.721 bits per heavy atom. The number of nitrogens with zero attached hydrogens (tertiary/aromatic N) is 6. The number of hydrogen-bond acceptors (Lipinski definition) is 9. The lowest BCUT2D eigenvalue weighted by molar-refractivity contribution is 0.624. The predicted molar refractivity (Wildman–Crippen MR) is 182 cm³/mol. The monoisotopic (exact) mass is 646 g/mol. The lowest BCUT2D eigenvalue weighted by Crippen LogP contribution is -2.23. The predicted octanol–water partition coefficient (Wildman–Crippen LogP) is 10.9. The number of hydrogen-bond donors (Lipinski definition) is 0. The first-order valence-corrected chi connectivity index (χ1v) is 17.1. The maximum Gasteiger partial charge on any atom is 0.350 e. The minimum atomic E-state index is -0.213. The van der Waals surface area contributed by atoms with Crippen molar-refractivity contribution in [3.05, 3.63) is 79.6 Å². The van der Waals surface area contributed by atoms with Crippen LogP contribution in [0.5, 0.6) is 0 Å². The smallest absolute Gasteiger partial charge is 0.350 e. The molecule has 0 aliphatic heterocycles. The summed E-state index contributed by atoms with van der Waals surface area (Å²) < 4.78 is 2.61. The Morgan fingerprint density at radius 3 is 1.95 bits per heavy atom. The van der Waals surface area contributed by atoms with E-state index in [1.807, 2.05) is 64.3 Å². The number of rotatable bonds is 4. The van der Waals surface area contributed by atoms with Gasteiger partial charge in [-0.1, -0.05) is 73.5 Å². The highest BCUT2D eigenvalue weighted by Gasteiger charge is 2.49. The molecule has 11 heteroatoms. The van der Waals surface area contributed by atoms with Crippen LogP contribution in [0.3, 0.4) is 0 Å². The summed E-state index contributed by atoms with van der Waals surface area (Å²) in [5.41, 5.74) is 5.09. The summed E-state index contributed by atoms with van der Waals surface area (Å²) in [6, 6.07) is 13.8. The average Bonchev–Trinajstić information content (AvgIpc) is 3.80. The summed E-state index contributed by atoms with van der Waals surface area (Å²) in [5, 5.41) is 19.5. The molecule has 43 heavy (non-hydrogen) atoms. The standard InChI is InChI=1S/C32H18N6S5/c1-31(2)15(16-7-9-23(39-16)37-21(13-33)35-5)11-19-25(31)26-29(42-19)30-27(32(26,3)4)28-20(43-30)12-18(41-28)17-8-10-24(40-17)38-22(14-34)36-6/h7-12H,1-4H3. The zero-order chi connectivity index (χ0) is 30.3. The van der Waals surface area contributed by atoms with Gasteiger partial charge in [0.1, 0.15) is 12.1 Å². The van der Waals surface area contributed by atoms with Crippen LogP contribution in [0.2, 0.25) is 0 Å². The Bertz CT molecular complexity index is 2260. The number of aliphatic imine (C=N–C) groups is 2. The quantitative estimate of drug-likeness (QED) is 0.111. The number of allylic oxidation sites excluding steroid dienone is 1. The summed E-state index contributed by atoms with van der Waals surface area (Å²) in [7, 11) is 0. The van der Waals surface area contributed by atoms with Crippen LogP contribution in [0.4, 0.5) is 10.0 Å². The van der Waals surface area contributed by atoms with E-state index in [9.17, 15) is 0 Å². The van der Waals surface area contributed by atoms with Gasteiger partial charge in [-0.15, -0.1) is 34.0 Å². The van der Waals surface area contributed by atoms with Crippen LogP contribution in [0.15, 0.2) is 40.3 Å². The normalized spacial score (nSPS) is 16.1.